The van der Waals surface area contributed by atoms with Crippen LogP contribution in [-0.2, 0) is 43.0 Å². The van der Waals surface area contributed by atoms with Gasteiger partial charge in [-0.15, -0.1) is 0 Å². The molecule has 60 heavy (non-hydrogen) atoms. The molecule has 0 radical (unpaired) electrons. The lowest BCUT2D eigenvalue weighted by Gasteiger charge is -2.57. The number of hydrogen-bond acceptors (Lipinski definition) is 9. The third-order valence-corrected chi connectivity index (χ3v) is 18.5. The first kappa shape index (κ1) is 45.4. The second-order valence-electron chi connectivity index (χ2n) is 23.3. The Labute approximate surface area is 360 Å². The van der Waals surface area contributed by atoms with Gasteiger partial charge < -0.3 is 14.2 Å². The molecular formula is C51H78O9. The van der Waals surface area contributed by atoms with E-state index in [-0.39, 0.29) is 41.6 Å². The van der Waals surface area contributed by atoms with E-state index in [1.165, 1.54) is 52.4 Å². The Hall–Kier alpha value is -2.58. The minimum absolute atomic E-state index is 0.0787. The number of Topliss-reactive ketones (excluding diaryl/α,β-unsaturated/α-hetero) is 3. The van der Waals surface area contributed by atoms with Gasteiger partial charge in [0.1, 0.15) is 34.2 Å². The first-order chi connectivity index (χ1) is 28.1. The standard InChI is InChI=1S/C36H54O6.C15H24O3/c1-6-28-20-36(21-35(28,7-2)29(37)40-32(3,4)5,30(38)41-33-14-22-8-23(15-33)10-24(9-22)16-33)31(39)42-34-17-25-11-26(18-34)13-27(12-25)19-34;1-6-13-8-15(11(4)17,12(5)18)9-14(13,7-2)10(3)16/h22-28H,6-21H2,1-5H3;13H,6-9H2,1-5H3. The van der Waals surface area contributed by atoms with Crippen LogP contribution in [0, 0.1) is 69.0 Å². The molecule has 0 aromatic heterocycles. The van der Waals surface area contributed by atoms with Crippen molar-refractivity contribution in [3.05, 3.63) is 0 Å². The number of esters is 3. The highest BCUT2D eigenvalue weighted by Gasteiger charge is 2.69. The molecule has 0 heterocycles. The fourth-order valence-corrected chi connectivity index (χ4v) is 16.1. The maximum Gasteiger partial charge on any atom is 0.324 e. The quantitative estimate of drug-likeness (QED) is 0.107. The molecule has 0 amide bonds. The molecule has 0 aromatic rings. The monoisotopic (exact) mass is 835 g/mol. The molecule has 0 aliphatic heterocycles. The summed E-state index contributed by atoms with van der Waals surface area (Å²) in [4.78, 5) is 79.6. The van der Waals surface area contributed by atoms with Gasteiger partial charge in [-0.2, -0.15) is 0 Å². The molecule has 4 atom stereocenters. The van der Waals surface area contributed by atoms with E-state index >= 15 is 0 Å². The molecule has 10 fully saturated rings. The van der Waals surface area contributed by atoms with Crippen molar-refractivity contribution in [1.29, 1.82) is 0 Å². The Balaban J connectivity index is 0.000000255. The highest BCUT2D eigenvalue weighted by Crippen LogP contribution is 2.64. The van der Waals surface area contributed by atoms with Gasteiger partial charge in [0.15, 0.2) is 5.41 Å². The third kappa shape index (κ3) is 7.66. The average Bonchev–Trinajstić information content (AvgIpc) is 3.70. The van der Waals surface area contributed by atoms with Crippen molar-refractivity contribution in [2.75, 3.05) is 0 Å². The summed E-state index contributed by atoms with van der Waals surface area (Å²) in [7, 11) is 0. The summed E-state index contributed by atoms with van der Waals surface area (Å²) >= 11 is 0. The van der Waals surface area contributed by atoms with E-state index in [1.807, 2.05) is 41.5 Å². The number of ketones is 3. The van der Waals surface area contributed by atoms with Crippen LogP contribution < -0.4 is 0 Å². The summed E-state index contributed by atoms with van der Waals surface area (Å²) in [6.07, 6.45) is 17.3. The topological polar surface area (TPSA) is 130 Å². The maximum atomic E-state index is 14.8. The second kappa shape index (κ2) is 15.9. The van der Waals surface area contributed by atoms with Gasteiger partial charge in [0, 0.05) is 5.41 Å². The Morgan fingerprint density at radius 1 is 0.467 bits per heavy atom. The zero-order valence-electron chi connectivity index (χ0n) is 38.9. The normalized spacial score (nSPS) is 42.9. The number of hydrogen-bond donors (Lipinski definition) is 0. The van der Waals surface area contributed by atoms with Crippen molar-refractivity contribution >= 4 is 35.3 Å². The van der Waals surface area contributed by atoms with Crippen LogP contribution in [0.25, 0.3) is 0 Å². The third-order valence-electron chi connectivity index (χ3n) is 18.5. The summed E-state index contributed by atoms with van der Waals surface area (Å²) in [6, 6.07) is 0. The number of carbonyl (C=O) groups excluding carboxylic acids is 6. The van der Waals surface area contributed by atoms with Crippen LogP contribution >= 0.6 is 0 Å². The van der Waals surface area contributed by atoms with Gasteiger partial charge in [0.05, 0.1) is 10.8 Å². The van der Waals surface area contributed by atoms with Gasteiger partial charge in [0.25, 0.3) is 0 Å². The summed E-state index contributed by atoms with van der Waals surface area (Å²) in [5.74, 6) is 2.64. The first-order valence-corrected chi connectivity index (χ1v) is 24.3. The van der Waals surface area contributed by atoms with E-state index in [1.54, 1.807) is 6.92 Å². The molecule has 10 aliphatic rings. The van der Waals surface area contributed by atoms with Crippen LogP contribution in [0.2, 0.25) is 0 Å². The van der Waals surface area contributed by atoms with Crippen LogP contribution in [0.4, 0.5) is 0 Å². The lowest BCUT2D eigenvalue weighted by Crippen LogP contribution is -2.57. The van der Waals surface area contributed by atoms with Crippen LogP contribution in [0.5, 0.6) is 0 Å². The maximum absolute atomic E-state index is 14.8. The van der Waals surface area contributed by atoms with E-state index in [0.29, 0.717) is 74.0 Å². The number of carbonyl (C=O) groups is 6. The van der Waals surface area contributed by atoms with E-state index in [2.05, 4.69) is 6.92 Å². The number of rotatable bonds is 12. The molecular weight excluding hydrogens is 757 g/mol. The highest BCUT2D eigenvalue weighted by atomic mass is 16.6. The largest absolute Gasteiger partial charge is 0.460 e. The Bertz CT molecular complexity index is 1590. The van der Waals surface area contributed by atoms with Crippen molar-refractivity contribution in [2.45, 2.75) is 214 Å². The predicted molar refractivity (Wildman–Crippen MR) is 228 cm³/mol. The molecule has 10 rings (SSSR count). The SMILES string of the molecule is CCC1CC(C(=O)OC23CC4CC(CC(C4)C2)C3)(C(=O)OC23CC4CC(CC(C4)C2)C3)CC1(CC)C(=O)OC(C)(C)C.CCC1CC(C(C)=O)(C(C)=O)CC1(CC)C(C)=O. The fraction of sp³-hybridized carbons (Fsp3) is 0.882. The molecule has 0 spiro atoms. The van der Waals surface area contributed by atoms with Crippen molar-refractivity contribution < 1.29 is 43.0 Å². The van der Waals surface area contributed by atoms with E-state index in [9.17, 15) is 28.8 Å². The van der Waals surface area contributed by atoms with E-state index < -0.39 is 50.4 Å². The lowest BCUT2D eigenvalue weighted by atomic mass is 9.54. The van der Waals surface area contributed by atoms with Crippen LogP contribution in [0.3, 0.4) is 0 Å². The van der Waals surface area contributed by atoms with Gasteiger partial charge in [-0.1, -0.05) is 40.5 Å². The lowest BCUT2D eigenvalue weighted by molar-refractivity contribution is -0.213. The van der Waals surface area contributed by atoms with E-state index in [4.69, 9.17) is 14.2 Å². The Kier molecular flexibility index (Phi) is 12.0. The first-order valence-electron chi connectivity index (χ1n) is 24.3. The zero-order valence-corrected chi connectivity index (χ0v) is 38.9. The molecule has 10 aliphatic carbocycles. The van der Waals surface area contributed by atoms with Crippen molar-refractivity contribution in [3.63, 3.8) is 0 Å². The van der Waals surface area contributed by atoms with E-state index in [0.717, 1.165) is 44.9 Å². The van der Waals surface area contributed by atoms with Crippen LogP contribution in [0.15, 0.2) is 0 Å². The summed E-state index contributed by atoms with van der Waals surface area (Å²) in [5, 5.41) is 0. The van der Waals surface area contributed by atoms with Crippen LogP contribution in [-0.4, -0.2) is 52.1 Å². The minimum atomic E-state index is -1.46. The Morgan fingerprint density at radius 3 is 1.08 bits per heavy atom. The summed E-state index contributed by atoms with van der Waals surface area (Å²) in [5.41, 5.74) is -5.32. The molecule has 8 bridgehead atoms. The molecule has 4 unspecified atom stereocenters. The fourth-order valence-electron chi connectivity index (χ4n) is 16.1. The summed E-state index contributed by atoms with van der Waals surface area (Å²) < 4.78 is 19.4. The molecule has 9 heteroatoms. The van der Waals surface area contributed by atoms with Gasteiger partial charge in [-0.25, -0.2) is 0 Å². The smallest absolute Gasteiger partial charge is 0.324 e. The average molecular weight is 835 g/mol. The number of ether oxygens (including phenoxy) is 3. The van der Waals surface area contributed by atoms with Crippen molar-refractivity contribution in [3.8, 4) is 0 Å². The molecule has 336 valence electrons. The van der Waals surface area contributed by atoms with Gasteiger partial charge in [-0.3, -0.25) is 28.8 Å². The molecule has 0 saturated heterocycles. The molecule has 10 saturated carbocycles. The zero-order chi connectivity index (χ0) is 43.8. The highest BCUT2D eigenvalue weighted by molar-refractivity contribution is 6.06. The van der Waals surface area contributed by atoms with Crippen molar-refractivity contribution in [2.24, 2.45) is 69.0 Å². The second-order valence-corrected chi connectivity index (χ2v) is 23.3. The van der Waals surface area contributed by atoms with Crippen LogP contribution in [0.1, 0.15) is 198 Å². The predicted octanol–water partition coefficient (Wildman–Crippen LogP) is 10.5. The van der Waals surface area contributed by atoms with Crippen molar-refractivity contribution in [1.82, 2.24) is 0 Å². The Morgan fingerprint density at radius 2 is 0.800 bits per heavy atom. The van der Waals surface area contributed by atoms with Gasteiger partial charge >= 0.3 is 17.9 Å². The minimum Gasteiger partial charge on any atom is -0.460 e. The molecule has 0 N–H and O–H groups in total. The van der Waals surface area contributed by atoms with Gasteiger partial charge in [0.2, 0.25) is 0 Å². The summed E-state index contributed by atoms with van der Waals surface area (Å²) in [6.45, 7) is 18.3. The molecule has 9 nitrogen and oxygen atoms in total. The van der Waals surface area contributed by atoms with Gasteiger partial charge in [-0.05, 0) is 204 Å². The molecule has 0 aromatic carbocycles.